The van der Waals surface area contributed by atoms with Crippen molar-refractivity contribution in [2.75, 3.05) is 12.0 Å². The van der Waals surface area contributed by atoms with Gasteiger partial charge in [0.1, 0.15) is 9.84 Å². The molecule has 0 aliphatic carbocycles. The number of nitrogens with zero attached hydrogens (tertiary/aromatic N) is 1. The van der Waals surface area contributed by atoms with E-state index >= 15 is 0 Å². The van der Waals surface area contributed by atoms with Gasteiger partial charge in [-0.2, -0.15) is 0 Å². The van der Waals surface area contributed by atoms with E-state index in [-0.39, 0.29) is 17.8 Å². The summed E-state index contributed by atoms with van der Waals surface area (Å²) in [6.07, 6.45) is 2.98. The third-order valence-electron chi connectivity index (χ3n) is 2.22. The molecule has 0 spiro atoms. The lowest BCUT2D eigenvalue weighted by Crippen LogP contribution is -2.34. The Kier molecular flexibility index (Phi) is 4.44. The molecule has 0 saturated carbocycles. The van der Waals surface area contributed by atoms with Crippen molar-refractivity contribution in [1.82, 2.24) is 10.3 Å². The van der Waals surface area contributed by atoms with Gasteiger partial charge in [-0.15, -0.1) is 0 Å². The highest BCUT2D eigenvalue weighted by atomic mass is 32.2. The number of pyridine rings is 1. The van der Waals surface area contributed by atoms with Crippen molar-refractivity contribution in [1.29, 1.82) is 0 Å². The molecule has 0 radical (unpaired) electrons. The standard InChI is InChI=1S/C11H18N2O2S/c1-9(8-16(3,14)15)13-10(2)11-6-4-5-7-12-11/h4-7,9-10,13H,8H2,1-3H3. The SMILES string of the molecule is CC(CS(C)(=O)=O)NC(C)c1ccccn1. The van der Waals surface area contributed by atoms with Crippen molar-refractivity contribution in [3.63, 3.8) is 0 Å². The molecule has 4 nitrogen and oxygen atoms in total. The van der Waals surface area contributed by atoms with E-state index < -0.39 is 9.84 Å². The van der Waals surface area contributed by atoms with Crippen LogP contribution in [0, 0.1) is 0 Å². The number of nitrogens with one attached hydrogen (secondary N) is 1. The first kappa shape index (κ1) is 13.1. The van der Waals surface area contributed by atoms with Gasteiger partial charge < -0.3 is 5.32 Å². The molecule has 0 bridgehead atoms. The van der Waals surface area contributed by atoms with Crippen LogP contribution in [0.25, 0.3) is 0 Å². The first-order chi connectivity index (χ1) is 7.38. The second-order valence-electron chi connectivity index (χ2n) is 4.14. The summed E-state index contributed by atoms with van der Waals surface area (Å²) in [4.78, 5) is 4.22. The fourth-order valence-electron chi connectivity index (χ4n) is 1.65. The molecule has 2 atom stereocenters. The fraction of sp³-hybridized carbons (Fsp3) is 0.545. The van der Waals surface area contributed by atoms with Crippen molar-refractivity contribution < 1.29 is 8.42 Å². The number of hydrogen-bond donors (Lipinski definition) is 1. The monoisotopic (exact) mass is 242 g/mol. The van der Waals surface area contributed by atoms with E-state index in [0.29, 0.717) is 0 Å². The normalized spacial score (nSPS) is 15.7. The molecule has 1 N–H and O–H groups in total. The van der Waals surface area contributed by atoms with Crippen LogP contribution < -0.4 is 5.32 Å². The van der Waals surface area contributed by atoms with Gasteiger partial charge in [-0.25, -0.2) is 8.42 Å². The van der Waals surface area contributed by atoms with Crippen LogP contribution in [-0.4, -0.2) is 31.5 Å². The summed E-state index contributed by atoms with van der Waals surface area (Å²) in [5, 5.41) is 3.21. The molecule has 1 rings (SSSR count). The number of aromatic nitrogens is 1. The number of sulfone groups is 1. The van der Waals surface area contributed by atoms with Gasteiger partial charge in [0.05, 0.1) is 11.4 Å². The maximum Gasteiger partial charge on any atom is 0.148 e. The summed E-state index contributed by atoms with van der Waals surface area (Å²) in [6.45, 7) is 3.83. The third kappa shape index (κ3) is 4.72. The second kappa shape index (κ2) is 5.41. The maximum atomic E-state index is 11.1. The van der Waals surface area contributed by atoms with E-state index in [9.17, 15) is 8.42 Å². The zero-order chi connectivity index (χ0) is 12.2. The van der Waals surface area contributed by atoms with Gasteiger partial charge >= 0.3 is 0 Å². The summed E-state index contributed by atoms with van der Waals surface area (Å²) in [5.41, 5.74) is 0.919. The average Bonchev–Trinajstić information content (AvgIpc) is 2.16. The molecule has 0 aliphatic heterocycles. The van der Waals surface area contributed by atoms with Gasteiger partial charge in [-0.3, -0.25) is 4.98 Å². The van der Waals surface area contributed by atoms with E-state index in [1.165, 1.54) is 6.26 Å². The molecule has 0 aliphatic rings. The maximum absolute atomic E-state index is 11.1. The lowest BCUT2D eigenvalue weighted by molar-refractivity contribution is 0.493. The van der Waals surface area contributed by atoms with Gasteiger partial charge in [0, 0.05) is 24.5 Å². The lowest BCUT2D eigenvalue weighted by atomic mass is 10.2. The summed E-state index contributed by atoms with van der Waals surface area (Å²) in [6, 6.07) is 5.67. The smallest absolute Gasteiger partial charge is 0.148 e. The molecule has 2 unspecified atom stereocenters. The van der Waals surface area contributed by atoms with Gasteiger partial charge in [-0.1, -0.05) is 6.07 Å². The quantitative estimate of drug-likeness (QED) is 0.842. The minimum absolute atomic E-state index is 0.0537. The van der Waals surface area contributed by atoms with Crippen LogP contribution in [0.15, 0.2) is 24.4 Å². The van der Waals surface area contributed by atoms with Crippen LogP contribution in [0.3, 0.4) is 0 Å². The Bertz CT molecular complexity index is 417. The Hall–Kier alpha value is -0.940. The molecule has 5 heteroatoms. The summed E-state index contributed by atoms with van der Waals surface area (Å²) in [7, 11) is -2.93. The van der Waals surface area contributed by atoms with E-state index in [1.807, 2.05) is 32.0 Å². The van der Waals surface area contributed by atoms with Gasteiger partial charge in [0.25, 0.3) is 0 Å². The Balaban J connectivity index is 2.55. The molecule has 0 saturated heterocycles. The molecular weight excluding hydrogens is 224 g/mol. The van der Waals surface area contributed by atoms with E-state index in [0.717, 1.165) is 5.69 Å². The summed E-state index contributed by atoms with van der Waals surface area (Å²) in [5.74, 6) is 0.143. The van der Waals surface area contributed by atoms with E-state index in [1.54, 1.807) is 6.20 Å². The molecule has 1 aromatic heterocycles. The van der Waals surface area contributed by atoms with Crippen molar-refractivity contribution in [3.05, 3.63) is 30.1 Å². The molecule has 0 fully saturated rings. The highest BCUT2D eigenvalue weighted by Crippen LogP contribution is 2.09. The highest BCUT2D eigenvalue weighted by Gasteiger charge is 2.14. The molecule has 0 aromatic carbocycles. The zero-order valence-corrected chi connectivity index (χ0v) is 10.7. The lowest BCUT2D eigenvalue weighted by Gasteiger charge is -2.18. The van der Waals surface area contributed by atoms with Crippen LogP contribution in [0.1, 0.15) is 25.6 Å². The molecule has 0 amide bonds. The molecule has 1 aromatic rings. The topological polar surface area (TPSA) is 59.1 Å². The van der Waals surface area contributed by atoms with Crippen molar-refractivity contribution in [3.8, 4) is 0 Å². The average molecular weight is 242 g/mol. The van der Waals surface area contributed by atoms with Crippen LogP contribution in [0.5, 0.6) is 0 Å². The predicted molar refractivity (Wildman–Crippen MR) is 65.0 cm³/mol. The van der Waals surface area contributed by atoms with E-state index in [4.69, 9.17) is 0 Å². The minimum Gasteiger partial charge on any atom is -0.305 e. The van der Waals surface area contributed by atoms with Crippen LogP contribution in [-0.2, 0) is 9.84 Å². The van der Waals surface area contributed by atoms with E-state index in [2.05, 4.69) is 10.3 Å². The highest BCUT2D eigenvalue weighted by molar-refractivity contribution is 7.90. The fourth-order valence-corrected chi connectivity index (χ4v) is 2.65. The number of hydrogen-bond acceptors (Lipinski definition) is 4. The largest absolute Gasteiger partial charge is 0.305 e. The van der Waals surface area contributed by atoms with Crippen molar-refractivity contribution in [2.45, 2.75) is 25.9 Å². The molecule has 1 heterocycles. The Morgan fingerprint density at radius 3 is 2.56 bits per heavy atom. The zero-order valence-electron chi connectivity index (χ0n) is 9.84. The van der Waals surface area contributed by atoms with Crippen LogP contribution in [0.2, 0.25) is 0 Å². The number of rotatable bonds is 5. The van der Waals surface area contributed by atoms with Gasteiger partial charge in [0.15, 0.2) is 0 Å². The summed E-state index contributed by atoms with van der Waals surface area (Å²) >= 11 is 0. The predicted octanol–water partition coefficient (Wildman–Crippen LogP) is 1.17. The Morgan fingerprint density at radius 2 is 2.06 bits per heavy atom. The first-order valence-electron chi connectivity index (χ1n) is 5.23. The molecular formula is C11H18N2O2S. The second-order valence-corrected chi connectivity index (χ2v) is 6.32. The Labute approximate surface area is 97.0 Å². The first-order valence-corrected chi connectivity index (χ1v) is 7.29. The van der Waals surface area contributed by atoms with Crippen LogP contribution >= 0.6 is 0 Å². The Morgan fingerprint density at radius 1 is 1.38 bits per heavy atom. The summed E-state index contributed by atoms with van der Waals surface area (Å²) < 4.78 is 22.2. The molecule has 16 heavy (non-hydrogen) atoms. The third-order valence-corrected chi connectivity index (χ3v) is 3.32. The van der Waals surface area contributed by atoms with Crippen molar-refractivity contribution in [2.24, 2.45) is 0 Å². The molecule has 90 valence electrons. The minimum atomic E-state index is -2.93. The van der Waals surface area contributed by atoms with Crippen LogP contribution in [0.4, 0.5) is 0 Å². The van der Waals surface area contributed by atoms with Crippen molar-refractivity contribution >= 4 is 9.84 Å². The van der Waals surface area contributed by atoms with Gasteiger partial charge in [0.2, 0.25) is 0 Å². The van der Waals surface area contributed by atoms with Gasteiger partial charge in [-0.05, 0) is 26.0 Å².